The van der Waals surface area contributed by atoms with Gasteiger partial charge >= 0.3 is 0 Å². The highest BCUT2D eigenvalue weighted by Crippen LogP contribution is 2.22. The number of nitrogens with one attached hydrogen (secondary N) is 3. The van der Waals surface area contributed by atoms with Gasteiger partial charge in [0.1, 0.15) is 11.4 Å². The molecule has 0 unspecified atom stereocenters. The van der Waals surface area contributed by atoms with E-state index < -0.39 is 0 Å². The first-order valence-electron chi connectivity index (χ1n) is 10.5. The lowest BCUT2D eigenvalue weighted by atomic mass is 10.1. The summed E-state index contributed by atoms with van der Waals surface area (Å²) in [5, 5.41) is 10.0. The van der Waals surface area contributed by atoms with E-state index in [4.69, 9.17) is 14.5 Å². The standard InChI is InChI=1S/C24H36N4O2.HI/c1-6-25-23(27-17-19-11-13-21(14-12-19)26-15-16-29-5)28-18-20-9-7-8-10-22(20)30-24(2,3)4;/h7-14,26H,6,15-18H2,1-5H3,(H2,25,27,28);1H. The van der Waals surface area contributed by atoms with Crippen LogP contribution in [-0.4, -0.2) is 38.4 Å². The van der Waals surface area contributed by atoms with Crippen molar-refractivity contribution < 1.29 is 9.47 Å². The Morgan fingerprint density at radius 3 is 2.35 bits per heavy atom. The van der Waals surface area contributed by atoms with E-state index in [2.05, 4.69) is 74.0 Å². The van der Waals surface area contributed by atoms with Crippen molar-refractivity contribution in [3.8, 4) is 5.75 Å². The number of hydrogen-bond acceptors (Lipinski definition) is 4. The fourth-order valence-electron chi connectivity index (χ4n) is 2.80. The van der Waals surface area contributed by atoms with E-state index in [1.54, 1.807) is 7.11 Å². The van der Waals surface area contributed by atoms with Gasteiger partial charge in [-0.2, -0.15) is 0 Å². The number of nitrogens with zero attached hydrogens (tertiary/aromatic N) is 1. The van der Waals surface area contributed by atoms with E-state index in [0.29, 0.717) is 19.7 Å². The Balaban J connectivity index is 0.00000480. The van der Waals surface area contributed by atoms with Crippen LogP contribution in [0.4, 0.5) is 5.69 Å². The lowest BCUT2D eigenvalue weighted by Crippen LogP contribution is -2.37. The van der Waals surface area contributed by atoms with Crippen molar-refractivity contribution in [1.29, 1.82) is 0 Å². The first kappa shape index (κ1) is 27.0. The average molecular weight is 540 g/mol. The van der Waals surface area contributed by atoms with Gasteiger partial charge in [-0.1, -0.05) is 30.3 Å². The molecule has 0 spiro atoms. The minimum atomic E-state index is -0.237. The van der Waals surface area contributed by atoms with Crippen molar-refractivity contribution in [2.75, 3.05) is 32.1 Å². The molecule has 0 saturated carbocycles. The summed E-state index contributed by atoms with van der Waals surface area (Å²) < 4.78 is 11.1. The third-order valence-electron chi connectivity index (χ3n) is 4.19. The van der Waals surface area contributed by atoms with Crippen molar-refractivity contribution >= 4 is 35.6 Å². The Morgan fingerprint density at radius 2 is 1.71 bits per heavy atom. The smallest absolute Gasteiger partial charge is 0.191 e. The molecule has 0 aliphatic carbocycles. The Hall–Kier alpha value is -2.00. The second-order valence-corrected chi connectivity index (χ2v) is 7.99. The van der Waals surface area contributed by atoms with Gasteiger partial charge in [0, 0.05) is 38.0 Å². The van der Waals surface area contributed by atoms with Crippen molar-refractivity contribution in [2.24, 2.45) is 4.99 Å². The van der Waals surface area contributed by atoms with Crippen molar-refractivity contribution in [3.63, 3.8) is 0 Å². The fraction of sp³-hybridized carbons (Fsp3) is 0.458. The predicted molar refractivity (Wildman–Crippen MR) is 141 cm³/mol. The van der Waals surface area contributed by atoms with Crippen LogP contribution in [0.1, 0.15) is 38.8 Å². The molecule has 0 aliphatic rings. The highest BCUT2D eigenvalue weighted by molar-refractivity contribution is 14.0. The zero-order valence-electron chi connectivity index (χ0n) is 19.3. The van der Waals surface area contributed by atoms with Crippen LogP contribution in [0.5, 0.6) is 5.75 Å². The molecule has 3 N–H and O–H groups in total. The van der Waals surface area contributed by atoms with Gasteiger partial charge in [-0.15, -0.1) is 24.0 Å². The van der Waals surface area contributed by atoms with Gasteiger partial charge in [0.15, 0.2) is 5.96 Å². The number of methoxy groups -OCH3 is 1. The molecular weight excluding hydrogens is 503 g/mol. The molecule has 172 valence electrons. The van der Waals surface area contributed by atoms with E-state index in [1.807, 2.05) is 18.2 Å². The minimum absolute atomic E-state index is 0. The summed E-state index contributed by atoms with van der Waals surface area (Å²) >= 11 is 0. The highest BCUT2D eigenvalue weighted by Gasteiger charge is 2.14. The molecule has 0 radical (unpaired) electrons. The van der Waals surface area contributed by atoms with Crippen LogP contribution in [0.15, 0.2) is 53.5 Å². The molecular formula is C24H37IN4O2. The topological polar surface area (TPSA) is 66.9 Å². The highest BCUT2D eigenvalue weighted by atomic mass is 127. The summed E-state index contributed by atoms with van der Waals surface area (Å²) in [6.07, 6.45) is 0. The molecule has 2 aromatic rings. The predicted octanol–water partition coefficient (Wildman–Crippen LogP) is 4.80. The van der Waals surface area contributed by atoms with Crippen molar-refractivity contribution in [1.82, 2.24) is 10.6 Å². The first-order chi connectivity index (χ1) is 14.4. The molecule has 0 saturated heterocycles. The number of halogens is 1. The Bertz CT molecular complexity index is 789. The van der Waals surface area contributed by atoms with Crippen molar-refractivity contribution in [2.45, 2.75) is 46.4 Å². The van der Waals surface area contributed by atoms with E-state index in [1.165, 1.54) is 0 Å². The monoisotopic (exact) mass is 540 g/mol. The van der Waals surface area contributed by atoms with E-state index in [9.17, 15) is 0 Å². The number of aliphatic imine (C=N–C) groups is 1. The fourth-order valence-corrected chi connectivity index (χ4v) is 2.80. The van der Waals surface area contributed by atoms with Crippen LogP contribution in [0.3, 0.4) is 0 Å². The molecule has 2 rings (SSSR count). The van der Waals surface area contributed by atoms with E-state index in [0.717, 1.165) is 41.6 Å². The molecule has 0 amide bonds. The number of para-hydroxylation sites is 1. The maximum atomic E-state index is 6.09. The van der Waals surface area contributed by atoms with Gasteiger partial charge in [0.2, 0.25) is 0 Å². The second kappa shape index (κ2) is 14.1. The molecule has 0 aromatic heterocycles. The summed E-state index contributed by atoms with van der Waals surface area (Å²) in [4.78, 5) is 4.72. The number of hydrogen-bond donors (Lipinski definition) is 3. The quantitative estimate of drug-likeness (QED) is 0.175. The maximum Gasteiger partial charge on any atom is 0.191 e. The summed E-state index contributed by atoms with van der Waals surface area (Å²) in [6, 6.07) is 16.4. The summed E-state index contributed by atoms with van der Waals surface area (Å²) in [7, 11) is 1.70. The molecule has 0 bridgehead atoms. The third kappa shape index (κ3) is 10.7. The zero-order valence-corrected chi connectivity index (χ0v) is 21.7. The van der Waals surface area contributed by atoms with Crippen LogP contribution in [0.25, 0.3) is 0 Å². The summed E-state index contributed by atoms with van der Waals surface area (Å²) in [5.41, 5.74) is 3.10. The van der Waals surface area contributed by atoms with Crippen LogP contribution in [-0.2, 0) is 17.8 Å². The minimum Gasteiger partial charge on any atom is -0.488 e. The Kier molecular flexibility index (Phi) is 12.3. The van der Waals surface area contributed by atoms with Crippen LogP contribution in [0, 0.1) is 0 Å². The lowest BCUT2D eigenvalue weighted by molar-refractivity contribution is 0.129. The average Bonchev–Trinajstić information content (AvgIpc) is 2.71. The Labute approximate surface area is 204 Å². The van der Waals surface area contributed by atoms with Gasteiger partial charge in [-0.25, -0.2) is 4.99 Å². The molecule has 31 heavy (non-hydrogen) atoms. The normalized spacial score (nSPS) is 11.5. The molecule has 6 nitrogen and oxygen atoms in total. The number of rotatable bonds is 10. The van der Waals surface area contributed by atoms with E-state index >= 15 is 0 Å². The van der Waals surface area contributed by atoms with Crippen molar-refractivity contribution in [3.05, 3.63) is 59.7 Å². The summed E-state index contributed by atoms with van der Waals surface area (Å²) in [6.45, 7) is 11.8. The molecule has 0 aliphatic heterocycles. The lowest BCUT2D eigenvalue weighted by Gasteiger charge is -2.23. The third-order valence-corrected chi connectivity index (χ3v) is 4.19. The maximum absolute atomic E-state index is 6.09. The van der Waals surface area contributed by atoms with Gasteiger partial charge in [-0.05, 0) is 51.5 Å². The van der Waals surface area contributed by atoms with Gasteiger partial charge in [0.25, 0.3) is 0 Å². The molecule has 0 heterocycles. The van der Waals surface area contributed by atoms with Crippen LogP contribution >= 0.6 is 24.0 Å². The number of anilines is 1. The van der Waals surface area contributed by atoms with Gasteiger partial charge < -0.3 is 25.4 Å². The van der Waals surface area contributed by atoms with E-state index in [-0.39, 0.29) is 29.6 Å². The molecule has 0 fully saturated rings. The van der Waals surface area contributed by atoms with Gasteiger partial charge in [-0.3, -0.25) is 0 Å². The number of benzene rings is 2. The Morgan fingerprint density at radius 1 is 1.00 bits per heavy atom. The van der Waals surface area contributed by atoms with Crippen LogP contribution < -0.4 is 20.7 Å². The second-order valence-electron chi connectivity index (χ2n) is 7.99. The largest absolute Gasteiger partial charge is 0.488 e. The first-order valence-corrected chi connectivity index (χ1v) is 10.5. The number of guanidine groups is 1. The van der Waals surface area contributed by atoms with Gasteiger partial charge in [0.05, 0.1) is 13.2 Å². The zero-order chi connectivity index (χ0) is 21.8. The molecule has 2 aromatic carbocycles. The van der Waals surface area contributed by atoms with Crippen LogP contribution in [0.2, 0.25) is 0 Å². The molecule has 7 heteroatoms. The SMILES string of the molecule is CCNC(=NCc1ccc(NCCOC)cc1)NCc1ccccc1OC(C)(C)C.I. The number of ether oxygens (including phenoxy) is 2. The summed E-state index contributed by atoms with van der Waals surface area (Å²) in [5.74, 6) is 1.68. The molecule has 0 atom stereocenters.